The lowest BCUT2D eigenvalue weighted by Gasteiger charge is -2.03. The molecule has 0 saturated carbocycles. The molecule has 0 unspecified atom stereocenters. The van der Waals surface area contributed by atoms with E-state index in [4.69, 9.17) is 14.6 Å². The zero-order chi connectivity index (χ0) is 11.9. The molecule has 84 valence electrons. The van der Waals surface area contributed by atoms with Crippen LogP contribution in [-0.2, 0) is 4.79 Å². The number of pyridine rings is 1. The molecule has 1 rings (SSSR count). The number of halogens is 3. The second-order valence-corrected chi connectivity index (χ2v) is 2.23. The van der Waals surface area contributed by atoms with Crippen molar-refractivity contribution < 1.29 is 32.8 Å². The molecule has 1 heterocycles. The van der Waals surface area contributed by atoms with Crippen molar-refractivity contribution in [2.24, 2.45) is 0 Å². The quantitative estimate of drug-likeness (QED) is 0.662. The summed E-state index contributed by atoms with van der Waals surface area (Å²) >= 11 is 0. The summed E-state index contributed by atoms with van der Waals surface area (Å²) in [6, 6.07) is 3.77. The van der Waals surface area contributed by atoms with E-state index in [-0.39, 0.29) is 0 Å². The first-order valence-corrected chi connectivity index (χ1v) is 3.66. The SMILES string of the molecule is COc1ccc[nH+]c1.O=C([O-])C(F)(F)F. The van der Waals surface area contributed by atoms with Crippen LogP contribution in [0.3, 0.4) is 0 Å². The van der Waals surface area contributed by atoms with Gasteiger partial charge in [-0.05, 0) is 6.07 Å². The molecule has 0 atom stereocenters. The van der Waals surface area contributed by atoms with Gasteiger partial charge in [0.2, 0.25) is 6.20 Å². The van der Waals surface area contributed by atoms with Gasteiger partial charge in [0, 0.05) is 6.07 Å². The Balaban J connectivity index is 0.000000265. The molecule has 1 aromatic rings. The minimum Gasteiger partial charge on any atom is -0.542 e. The van der Waals surface area contributed by atoms with E-state index in [0.717, 1.165) is 5.75 Å². The third-order valence-electron chi connectivity index (χ3n) is 1.15. The summed E-state index contributed by atoms with van der Waals surface area (Å²) in [6.45, 7) is 0. The number of carboxylic acid groups (broad SMARTS) is 1. The van der Waals surface area contributed by atoms with E-state index in [2.05, 4.69) is 4.98 Å². The first-order chi connectivity index (χ1) is 6.88. The molecule has 0 amide bonds. The zero-order valence-electron chi connectivity index (χ0n) is 7.67. The number of aromatic nitrogens is 1. The Bertz CT molecular complexity index is 300. The van der Waals surface area contributed by atoms with Gasteiger partial charge in [-0.25, -0.2) is 4.98 Å². The molecule has 0 aliphatic rings. The molecule has 0 fully saturated rings. The lowest BCUT2D eigenvalue weighted by Crippen LogP contribution is -2.37. The van der Waals surface area contributed by atoms with Gasteiger partial charge < -0.3 is 14.6 Å². The molecule has 4 nitrogen and oxygen atoms in total. The standard InChI is InChI=1S/C6H7NO.C2HF3O2/c1-8-6-3-2-4-7-5-6;3-2(4,5)1(6)7/h2-5H,1H3;(H,6,7). The molecule has 15 heavy (non-hydrogen) atoms. The van der Waals surface area contributed by atoms with Gasteiger partial charge in [-0.15, -0.1) is 0 Å². The van der Waals surface area contributed by atoms with Crippen molar-refractivity contribution in [3.05, 3.63) is 24.5 Å². The fourth-order valence-corrected chi connectivity index (χ4v) is 0.504. The predicted octanol–water partition coefficient (Wildman–Crippen LogP) is -0.192. The van der Waals surface area contributed by atoms with Crippen molar-refractivity contribution in [3.8, 4) is 5.75 Å². The Hall–Kier alpha value is -1.79. The highest BCUT2D eigenvalue weighted by atomic mass is 19.4. The number of methoxy groups -OCH3 is 1. The Morgan fingerprint density at radius 2 is 2.07 bits per heavy atom. The smallest absolute Gasteiger partial charge is 0.430 e. The number of aromatic amines is 1. The maximum Gasteiger partial charge on any atom is 0.430 e. The topological polar surface area (TPSA) is 63.5 Å². The Kier molecular flexibility index (Phi) is 5.14. The van der Waals surface area contributed by atoms with E-state index in [1.807, 2.05) is 18.3 Å². The van der Waals surface area contributed by atoms with Crippen LogP contribution in [0.25, 0.3) is 0 Å². The first kappa shape index (κ1) is 13.2. The van der Waals surface area contributed by atoms with Gasteiger partial charge in [-0.2, -0.15) is 13.2 Å². The third-order valence-corrected chi connectivity index (χ3v) is 1.15. The number of ether oxygens (including phenoxy) is 1. The Labute approximate surface area is 83.3 Å². The number of hydrogen-bond acceptors (Lipinski definition) is 3. The van der Waals surface area contributed by atoms with Gasteiger partial charge in [0.1, 0.15) is 5.97 Å². The number of carbonyl (C=O) groups is 1. The summed E-state index contributed by atoms with van der Waals surface area (Å²) in [5.74, 6) is -2.15. The summed E-state index contributed by atoms with van der Waals surface area (Å²) in [7, 11) is 1.64. The third kappa shape index (κ3) is 6.30. The molecule has 1 aromatic heterocycles. The second kappa shape index (κ2) is 5.84. The number of rotatable bonds is 1. The maximum atomic E-state index is 10.5. The lowest BCUT2D eigenvalue weighted by molar-refractivity contribution is -0.378. The van der Waals surface area contributed by atoms with Crippen molar-refractivity contribution in [2.45, 2.75) is 6.18 Å². The van der Waals surface area contributed by atoms with Gasteiger partial charge in [0.05, 0.1) is 7.11 Å². The van der Waals surface area contributed by atoms with Gasteiger partial charge in [0.15, 0.2) is 11.9 Å². The zero-order valence-corrected chi connectivity index (χ0v) is 7.67. The molecule has 0 aliphatic carbocycles. The van der Waals surface area contributed by atoms with Crippen molar-refractivity contribution in [3.63, 3.8) is 0 Å². The van der Waals surface area contributed by atoms with E-state index in [1.54, 1.807) is 13.3 Å². The molecule has 7 heteroatoms. The summed E-state index contributed by atoms with van der Waals surface area (Å²) in [5, 5.41) is 8.78. The first-order valence-electron chi connectivity index (χ1n) is 3.66. The fraction of sp³-hybridized carbons (Fsp3) is 0.250. The molecular formula is C8H8F3NO3. The van der Waals surface area contributed by atoms with Crippen LogP contribution < -0.4 is 14.8 Å². The van der Waals surface area contributed by atoms with E-state index in [9.17, 15) is 13.2 Å². The van der Waals surface area contributed by atoms with Crippen LogP contribution in [0.5, 0.6) is 5.75 Å². The van der Waals surface area contributed by atoms with E-state index in [0.29, 0.717) is 0 Å². The van der Waals surface area contributed by atoms with Gasteiger partial charge >= 0.3 is 6.18 Å². The average molecular weight is 223 g/mol. The minimum atomic E-state index is -5.19. The number of carbonyl (C=O) groups excluding carboxylic acids is 1. The number of H-pyrrole nitrogens is 1. The average Bonchev–Trinajstić information content (AvgIpc) is 2.18. The number of nitrogens with one attached hydrogen (secondary N) is 1. The van der Waals surface area contributed by atoms with Crippen molar-refractivity contribution in [1.82, 2.24) is 0 Å². The van der Waals surface area contributed by atoms with Gasteiger partial charge in [-0.3, -0.25) is 0 Å². The van der Waals surface area contributed by atoms with Crippen LogP contribution in [0.4, 0.5) is 13.2 Å². The largest absolute Gasteiger partial charge is 0.542 e. The second-order valence-electron chi connectivity index (χ2n) is 2.23. The summed E-state index contributed by atoms with van der Waals surface area (Å²) in [6.07, 6.45) is -1.57. The number of hydrogen-bond donors (Lipinski definition) is 0. The van der Waals surface area contributed by atoms with Crippen LogP contribution in [0.1, 0.15) is 0 Å². The highest BCUT2D eigenvalue weighted by Gasteiger charge is 2.28. The number of aliphatic carboxylic acids is 1. The lowest BCUT2D eigenvalue weighted by atomic mass is 10.5. The normalized spacial score (nSPS) is 9.87. The van der Waals surface area contributed by atoms with Gasteiger partial charge in [0.25, 0.3) is 0 Å². The summed E-state index contributed by atoms with van der Waals surface area (Å²) in [5.41, 5.74) is 0. The van der Waals surface area contributed by atoms with E-state index >= 15 is 0 Å². The maximum absolute atomic E-state index is 10.5. The predicted molar refractivity (Wildman–Crippen MR) is 40.6 cm³/mol. The van der Waals surface area contributed by atoms with Crippen molar-refractivity contribution >= 4 is 5.97 Å². The fourth-order valence-electron chi connectivity index (χ4n) is 0.504. The highest BCUT2D eigenvalue weighted by molar-refractivity contribution is 5.70. The number of carboxylic acids is 1. The van der Waals surface area contributed by atoms with Crippen molar-refractivity contribution in [1.29, 1.82) is 0 Å². The number of alkyl halides is 3. The van der Waals surface area contributed by atoms with Gasteiger partial charge in [-0.1, -0.05) is 0 Å². The van der Waals surface area contributed by atoms with Crippen LogP contribution in [0.2, 0.25) is 0 Å². The molecule has 0 radical (unpaired) electrons. The van der Waals surface area contributed by atoms with Crippen LogP contribution in [0.15, 0.2) is 24.5 Å². The van der Waals surface area contributed by atoms with E-state index in [1.165, 1.54) is 0 Å². The molecule has 0 saturated heterocycles. The molecule has 0 bridgehead atoms. The highest BCUT2D eigenvalue weighted by Crippen LogP contribution is 2.11. The van der Waals surface area contributed by atoms with Crippen LogP contribution in [0, 0.1) is 0 Å². The molecular weight excluding hydrogens is 215 g/mol. The summed E-state index contributed by atoms with van der Waals surface area (Å²) in [4.78, 5) is 11.7. The minimum absolute atomic E-state index is 0.854. The van der Waals surface area contributed by atoms with Crippen molar-refractivity contribution in [2.75, 3.05) is 7.11 Å². The van der Waals surface area contributed by atoms with Crippen LogP contribution >= 0.6 is 0 Å². The summed E-state index contributed by atoms with van der Waals surface area (Å²) < 4.78 is 36.4. The molecule has 1 N–H and O–H groups in total. The molecule has 0 aromatic carbocycles. The Morgan fingerprint density at radius 3 is 2.27 bits per heavy atom. The monoisotopic (exact) mass is 223 g/mol. The van der Waals surface area contributed by atoms with E-state index < -0.39 is 12.1 Å². The molecule has 0 spiro atoms. The van der Waals surface area contributed by atoms with Crippen LogP contribution in [-0.4, -0.2) is 19.3 Å². The Morgan fingerprint density at radius 1 is 1.53 bits per heavy atom. The molecule has 0 aliphatic heterocycles.